The van der Waals surface area contributed by atoms with Crippen molar-refractivity contribution in [3.63, 3.8) is 0 Å². The molecular weight excluding hydrogens is 572 g/mol. The number of nitrogens with zero attached hydrogens (tertiary/aromatic N) is 2. The first-order valence-corrected chi connectivity index (χ1v) is 16.0. The first kappa shape index (κ1) is 27.2. The van der Waals surface area contributed by atoms with Crippen LogP contribution in [0.4, 0.5) is 17.1 Å². The van der Waals surface area contributed by atoms with Crippen LogP contribution in [-0.2, 0) is 5.41 Å². The number of anilines is 3. The topological polar surface area (TPSA) is 40.2 Å². The van der Waals surface area contributed by atoms with Crippen LogP contribution in [0.1, 0.15) is 30.5 Å². The second-order valence-electron chi connectivity index (χ2n) is 12.9. The zero-order valence-corrected chi connectivity index (χ0v) is 26.2. The summed E-state index contributed by atoms with van der Waals surface area (Å²) in [5.74, 6) is 0. The molecule has 0 unspecified atom stereocenters. The Morgan fingerprint density at radius 2 is 1.19 bits per heavy atom. The van der Waals surface area contributed by atoms with Gasteiger partial charge in [0.05, 0.1) is 23.0 Å². The Morgan fingerprint density at radius 3 is 2.00 bits per heavy atom. The van der Waals surface area contributed by atoms with Gasteiger partial charge in [0.1, 0.15) is 5.58 Å². The third kappa shape index (κ3) is 4.05. The molecule has 1 aliphatic carbocycles. The molecule has 0 bridgehead atoms. The van der Waals surface area contributed by atoms with E-state index in [1.807, 2.05) is 24.3 Å². The molecule has 222 valence electrons. The largest absolute Gasteiger partial charge is 0.453 e. The molecule has 47 heavy (non-hydrogen) atoms. The standard InChI is InChI=1S/C44H30N2O/c1-44(2)37-13-6-5-11-36(37)41-38(44)14-8-15-39(41)46(32-24-21-30(22-25-32)29-19-17-28(27-45)18-20-29)40-16-7-12-34-35-26-23-31-9-3-4-10-33(31)42(35)47-43(34)40/h3-26H,1-2H3. The Kier molecular flexibility index (Phi) is 5.91. The van der Waals surface area contributed by atoms with Gasteiger partial charge in [-0.05, 0) is 75.7 Å². The van der Waals surface area contributed by atoms with Crippen molar-refractivity contribution in [1.82, 2.24) is 0 Å². The minimum atomic E-state index is -0.128. The zero-order chi connectivity index (χ0) is 31.7. The van der Waals surface area contributed by atoms with E-state index in [4.69, 9.17) is 4.42 Å². The number of fused-ring (bicyclic) bond motifs is 8. The Morgan fingerprint density at radius 1 is 0.553 bits per heavy atom. The number of para-hydroxylation sites is 1. The minimum absolute atomic E-state index is 0.128. The minimum Gasteiger partial charge on any atom is -0.453 e. The SMILES string of the molecule is CC1(C)c2ccccc2-c2c(N(c3ccc(-c4ccc(C#N)cc4)cc3)c3cccc4c3oc3c5ccccc5ccc43)cccc21. The van der Waals surface area contributed by atoms with Crippen LogP contribution >= 0.6 is 0 Å². The van der Waals surface area contributed by atoms with E-state index in [2.05, 4.69) is 146 Å². The van der Waals surface area contributed by atoms with Crippen molar-refractivity contribution in [2.75, 3.05) is 4.90 Å². The van der Waals surface area contributed by atoms with Crippen molar-refractivity contribution >= 4 is 49.8 Å². The maximum absolute atomic E-state index is 9.28. The number of hydrogen-bond donors (Lipinski definition) is 0. The summed E-state index contributed by atoms with van der Waals surface area (Å²) >= 11 is 0. The maximum Gasteiger partial charge on any atom is 0.159 e. The lowest BCUT2D eigenvalue weighted by molar-refractivity contribution is 0.660. The van der Waals surface area contributed by atoms with Crippen molar-refractivity contribution in [2.45, 2.75) is 19.3 Å². The van der Waals surface area contributed by atoms with Gasteiger partial charge in [-0.25, -0.2) is 0 Å². The molecule has 0 spiro atoms. The molecule has 3 heteroatoms. The lowest BCUT2D eigenvalue weighted by Gasteiger charge is -2.29. The van der Waals surface area contributed by atoms with E-state index in [-0.39, 0.29) is 5.41 Å². The molecule has 1 aromatic heterocycles. The summed E-state index contributed by atoms with van der Waals surface area (Å²) in [6, 6.07) is 53.5. The first-order chi connectivity index (χ1) is 23.0. The van der Waals surface area contributed by atoms with E-state index in [1.165, 1.54) is 22.3 Å². The molecule has 0 saturated heterocycles. The van der Waals surface area contributed by atoms with Crippen LogP contribution in [-0.4, -0.2) is 0 Å². The average Bonchev–Trinajstić information content (AvgIpc) is 3.62. The summed E-state index contributed by atoms with van der Waals surface area (Å²) in [4.78, 5) is 2.37. The predicted octanol–water partition coefficient (Wildman–Crippen LogP) is 12.1. The molecule has 0 radical (unpaired) electrons. The fourth-order valence-electron chi connectivity index (χ4n) is 7.56. The lowest BCUT2D eigenvalue weighted by Crippen LogP contribution is -2.16. The average molecular weight is 603 g/mol. The van der Waals surface area contributed by atoms with Crippen LogP contribution in [0, 0.1) is 11.3 Å². The molecule has 3 nitrogen and oxygen atoms in total. The summed E-state index contributed by atoms with van der Waals surface area (Å²) in [7, 11) is 0. The van der Waals surface area contributed by atoms with E-state index in [9.17, 15) is 5.26 Å². The quantitative estimate of drug-likeness (QED) is 0.201. The van der Waals surface area contributed by atoms with Gasteiger partial charge in [-0.3, -0.25) is 0 Å². The smallest absolute Gasteiger partial charge is 0.159 e. The number of hydrogen-bond acceptors (Lipinski definition) is 3. The molecule has 0 N–H and O–H groups in total. The molecular formula is C44H30N2O. The van der Waals surface area contributed by atoms with Crippen molar-refractivity contribution in [3.8, 4) is 28.3 Å². The molecule has 1 aliphatic rings. The fourth-order valence-corrected chi connectivity index (χ4v) is 7.56. The van der Waals surface area contributed by atoms with Crippen molar-refractivity contribution in [1.29, 1.82) is 5.26 Å². The second-order valence-corrected chi connectivity index (χ2v) is 12.9. The van der Waals surface area contributed by atoms with Crippen molar-refractivity contribution < 1.29 is 4.42 Å². The van der Waals surface area contributed by atoms with Crippen LogP contribution in [0.15, 0.2) is 150 Å². The highest BCUT2D eigenvalue weighted by Crippen LogP contribution is 2.55. The zero-order valence-electron chi connectivity index (χ0n) is 26.2. The van der Waals surface area contributed by atoms with Crippen molar-refractivity contribution in [2.24, 2.45) is 0 Å². The van der Waals surface area contributed by atoms with Gasteiger partial charge in [0, 0.05) is 32.8 Å². The molecule has 0 amide bonds. The molecule has 0 atom stereocenters. The molecule has 0 saturated carbocycles. The van der Waals surface area contributed by atoms with Gasteiger partial charge in [0.2, 0.25) is 0 Å². The molecule has 1 heterocycles. The van der Waals surface area contributed by atoms with Crippen LogP contribution < -0.4 is 4.90 Å². The van der Waals surface area contributed by atoms with Crippen LogP contribution in [0.5, 0.6) is 0 Å². The highest BCUT2D eigenvalue weighted by molar-refractivity contribution is 6.17. The molecule has 8 aromatic rings. The highest BCUT2D eigenvalue weighted by atomic mass is 16.3. The van der Waals surface area contributed by atoms with Gasteiger partial charge in [-0.1, -0.05) is 117 Å². The van der Waals surface area contributed by atoms with Crippen molar-refractivity contribution in [3.05, 3.63) is 162 Å². The Balaban J connectivity index is 1.31. The normalized spacial score (nSPS) is 13.0. The summed E-state index contributed by atoms with van der Waals surface area (Å²) in [6.07, 6.45) is 0. The maximum atomic E-state index is 9.28. The molecule has 9 rings (SSSR count). The van der Waals surface area contributed by atoms with Gasteiger partial charge in [-0.15, -0.1) is 0 Å². The monoisotopic (exact) mass is 602 g/mol. The Labute approximate surface area is 273 Å². The van der Waals surface area contributed by atoms with E-state index in [0.717, 1.165) is 60.9 Å². The predicted molar refractivity (Wildman–Crippen MR) is 194 cm³/mol. The Hall–Kier alpha value is -6.11. The highest BCUT2D eigenvalue weighted by Gasteiger charge is 2.38. The van der Waals surface area contributed by atoms with Gasteiger partial charge < -0.3 is 9.32 Å². The van der Waals surface area contributed by atoms with Gasteiger partial charge >= 0.3 is 0 Å². The number of nitriles is 1. The van der Waals surface area contributed by atoms with Gasteiger partial charge in [0.15, 0.2) is 5.58 Å². The van der Waals surface area contributed by atoms with E-state index in [1.54, 1.807) is 0 Å². The number of furan rings is 1. The first-order valence-electron chi connectivity index (χ1n) is 16.0. The molecule has 0 aliphatic heterocycles. The summed E-state index contributed by atoms with van der Waals surface area (Å²) in [6.45, 7) is 4.65. The molecule has 7 aromatic carbocycles. The second kappa shape index (κ2) is 10.2. The van der Waals surface area contributed by atoms with Crippen LogP contribution in [0.3, 0.4) is 0 Å². The number of benzene rings is 7. The van der Waals surface area contributed by atoms with Gasteiger partial charge in [-0.2, -0.15) is 5.26 Å². The number of rotatable bonds is 4. The fraction of sp³-hybridized carbons (Fsp3) is 0.0682. The van der Waals surface area contributed by atoms with E-state index < -0.39 is 0 Å². The summed E-state index contributed by atoms with van der Waals surface area (Å²) in [5, 5.41) is 13.8. The molecule has 0 fully saturated rings. The van der Waals surface area contributed by atoms with E-state index in [0.29, 0.717) is 5.56 Å². The third-order valence-corrected chi connectivity index (χ3v) is 9.91. The third-order valence-electron chi connectivity index (χ3n) is 9.91. The lowest BCUT2D eigenvalue weighted by atomic mass is 9.82. The Bertz CT molecular complexity index is 2550. The van der Waals surface area contributed by atoms with Crippen LogP contribution in [0.2, 0.25) is 0 Å². The van der Waals surface area contributed by atoms with Gasteiger partial charge in [0.25, 0.3) is 0 Å². The summed E-state index contributed by atoms with van der Waals surface area (Å²) in [5.41, 5.74) is 12.8. The van der Waals surface area contributed by atoms with E-state index >= 15 is 0 Å². The summed E-state index contributed by atoms with van der Waals surface area (Å²) < 4.78 is 6.90. The van der Waals surface area contributed by atoms with Crippen LogP contribution in [0.25, 0.3) is 55.0 Å².